The zero-order chi connectivity index (χ0) is 12.5. The van der Waals surface area contributed by atoms with Crippen molar-refractivity contribution >= 4 is 21.4 Å². The SMILES string of the molecule is CN(C1CCC1)C(CN)c1csc2ccccc12. The third-order valence-electron chi connectivity index (χ3n) is 4.24. The summed E-state index contributed by atoms with van der Waals surface area (Å²) >= 11 is 1.83. The summed E-state index contributed by atoms with van der Waals surface area (Å²) in [6.07, 6.45) is 4.03. The van der Waals surface area contributed by atoms with Crippen molar-refractivity contribution in [2.75, 3.05) is 13.6 Å². The standard InChI is InChI=1S/C15H20N2S/c1-17(11-5-4-6-11)14(9-16)13-10-18-15-8-3-2-7-12(13)15/h2-3,7-8,10-11,14H,4-6,9,16H2,1H3. The normalized spacial score (nSPS) is 18.2. The number of likely N-dealkylation sites (N-methyl/N-ethyl adjacent to an activating group) is 1. The van der Waals surface area contributed by atoms with Crippen molar-refractivity contribution in [2.45, 2.75) is 31.3 Å². The first kappa shape index (κ1) is 12.2. The molecule has 0 radical (unpaired) electrons. The maximum absolute atomic E-state index is 6.04. The lowest BCUT2D eigenvalue weighted by molar-refractivity contribution is 0.114. The molecule has 0 aliphatic heterocycles. The second-order valence-electron chi connectivity index (χ2n) is 5.19. The average Bonchev–Trinajstić information content (AvgIpc) is 2.72. The van der Waals surface area contributed by atoms with Gasteiger partial charge in [0.05, 0.1) is 0 Å². The zero-order valence-electron chi connectivity index (χ0n) is 10.8. The van der Waals surface area contributed by atoms with E-state index in [-0.39, 0.29) is 0 Å². The maximum Gasteiger partial charge on any atom is 0.0484 e. The molecule has 1 unspecified atom stereocenters. The molecule has 1 aliphatic rings. The highest BCUT2D eigenvalue weighted by molar-refractivity contribution is 7.17. The second-order valence-corrected chi connectivity index (χ2v) is 6.10. The van der Waals surface area contributed by atoms with Crippen molar-refractivity contribution in [1.29, 1.82) is 0 Å². The Hall–Kier alpha value is -0.900. The van der Waals surface area contributed by atoms with Crippen LogP contribution in [0.15, 0.2) is 29.6 Å². The molecule has 3 heteroatoms. The molecule has 1 saturated carbocycles. The molecule has 0 bridgehead atoms. The Morgan fingerprint density at radius 2 is 2.17 bits per heavy atom. The number of nitrogens with two attached hydrogens (primary N) is 1. The number of benzene rings is 1. The van der Waals surface area contributed by atoms with Gasteiger partial charge < -0.3 is 5.73 Å². The summed E-state index contributed by atoms with van der Waals surface area (Å²) in [6.45, 7) is 0.702. The number of hydrogen-bond donors (Lipinski definition) is 1. The van der Waals surface area contributed by atoms with E-state index in [9.17, 15) is 0 Å². The van der Waals surface area contributed by atoms with Crippen LogP contribution < -0.4 is 5.73 Å². The molecule has 1 fully saturated rings. The van der Waals surface area contributed by atoms with Crippen LogP contribution >= 0.6 is 11.3 Å². The van der Waals surface area contributed by atoms with Gasteiger partial charge in [0, 0.05) is 23.3 Å². The van der Waals surface area contributed by atoms with E-state index in [1.54, 1.807) is 0 Å². The van der Waals surface area contributed by atoms with Crippen LogP contribution in [-0.2, 0) is 0 Å². The third-order valence-corrected chi connectivity index (χ3v) is 5.22. The minimum atomic E-state index is 0.367. The predicted molar refractivity (Wildman–Crippen MR) is 79.0 cm³/mol. The second kappa shape index (κ2) is 5.00. The summed E-state index contributed by atoms with van der Waals surface area (Å²) in [5, 5.41) is 3.67. The molecule has 1 aromatic heterocycles. The van der Waals surface area contributed by atoms with E-state index in [4.69, 9.17) is 5.73 Å². The van der Waals surface area contributed by atoms with Crippen molar-refractivity contribution in [3.05, 3.63) is 35.2 Å². The highest BCUT2D eigenvalue weighted by Crippen LogP contribution is 2.36. The molecule has 18 heavy (non-hydrogen) atoms. The average molecular weight is 260 g/mol. The minimum absolute atomic E-state index is 0.367. The van der Waals surface area contributed by atoms with Crippen molar-refractivity contribution in [2.24, 2.45) is 5.73 Å². The van der Waals surface area contributed by atoms with Gasteiger partial charge in [0.25, 0.3) is 0 Å². The minimum Gasteiger partial charge on any atom is -0.329 e. The Bertz CT molecular complexity index is 530. The molecule has 2 N–H and O–H groups in total. The van der Waals surface area contributed by atoms with Gasteiger partial charge in [-0.05, 0) is 42.3 Å². The van der Waals surface area contributed by atoms with E-state index in [0.29, 0.717) is 12.6 Å². The van der Waals surface area contributed by atoms with Crippen molar-refractivity contribution in [1.82, 2.24) is 4.90 Å². The Morgan fingerprint density at radius 1 is 1.39 bits per heavy atom. The first-order valence-corrected chi connectivity index (χ1v) is 7.57. The third kappa shape index (κ3) is 1.96. The summed E-state index contributed by atoms with van der Waals surface area (Å²) in [5.41, 5.74) is 7.45. The molecule has 1 heterocycles. The molecule has 2 nitrogen and oxygen atoms in total. The summed E-state index contributed by atoms with van der Waals surface area (Å²) in [4.78, 5) is 2.48. The van der Waals surface area contributed by atoms with Crippen LogP contribution in [0.2, 0.25) is 0 Å². The van der Waals surface area contributed by atoms with Crippen LogP contribution in [0.4, 0.5) is 0 Å². The van der Waals surface area contributed by atoms with E-state index in [1.165, 1.54) is 34.9 Å². The molecule has 1 aromatic carbocycles. The lowest BCUT2D eigenvalue weighted by atomic mass is 9.89. The Morgan fingerprint density at radius 3 is 2.83 bits per heavy atom. The van der Waals surface area contributed by atoms with E-state index in [0.717, 1.165) is 6.04 Å². The summed E-state index contributed by atoms with van der Waals surface area (Å²) in [7, 11) is 2.23. The first-order valence-electron chi connectivity index (χ1n) is 6.69. The van der Waals surface area contributed by atoms with E-state index >= 15 is 0 Å². The number of thiophene rings is 1. The maximum atomic E-state index is 6.04. The van der Waals surface area contributed by atoms with Gasteiger partial charge >= 0.3 is 0 Å². The lowest BCUT2D eigenvalue weighted by Crippen LogP contribution is -2.42. The molecule has 3 rings (SSSR count). The first-order chi connectivity index (χ1) is 8.81. The van der Waals surface area contributed by atoms with Crippen molar-refractivity contribution in [3.63, 3.8) is 0 Å². The summed E-state index contributed by atoms with van der Waals surface area (Å²) in [6, 6.07) is 9.74. The van der Waals surface area contributed by atoms with Gasteiger partial charge in [0.1, 0.15) is 0 Å². The fourth-order valence-corrected chi connectivity index (χ4v) is 3.83. The van der Waals surface area contributed by atoms with Gasteiger partial charge in [-0.3, -0.25) is 4.90 Å². The highest BCUT2D eigenvalue weighted by atomic mass is 32.1. The van der Waals surface area contributed by atoms with Crippen LogP contribution in [0.3, 0.4) is 0 Å². The van der Waals surface area contributed by atoms with Crippen molar-refractivity contribution < 1.29 is 0 Å². The largest absolute Gasteiger partial charge is 0.329 e. The van der Waals surface area contributed by atoms with Gasteiger partial charge in [-0.1, -0.05) is 24.6 Å². The van der Waals surface area contributed by atoms with Gasteiger partial charge in [0.2, 0.25) is 0 Å². The number of hydrogen-bond acceptors (Lipinski definition) is 3. The van der Waals surface area contributed by atoms with Gasteiger partial charge in [-0.2, -0.15) is 0 Å². The van der Waals surface area contributed by atoms with E-state index < -0.39 is 0 Å². The molecule has 0 spiro atoms. The van der Waals surface area contributed by atoms with Crippen LogP contribution in [-0.4, -0.2) is 24.5 Å². The van der Waals surface area contributed by atoms with Crippen LogP contribution in [0.25, 0.3) is 10.1 Å². The van der Waals surface area contributed by atoms with Gasteiger partial charge in [-0.25, -0.2) is 0 Å². The molecule has 2 aromatic rings. The molecule has 0 amide bonds. The quantitative estimate of drug-likeness (QED) is 0.913. The van der Waals surface area contributed by atoms with E-state index in [1.807, 2.05) is 11.3 Å². The van der Waals surface area contributed by atoms with E-state index in [2.05, 4.69) is 41.6 Å². The highest BCUT2D eigenvalue weighted by Gasteiger charge is 2.28. The monoisotopic (exact) mass is 260 g/mol. The predicted octanol–water partition coefficient (Wildman–Crippen LogP) is 3.39. The topological polar surface area (TPSA) is 29.3 Å². The number of fused-ring (bicyclic) bond motifs is 1. The molecule has 96 valence electrons. The molecular formula is C15H20N2S. The number of rotatable bonds is 4. The van der Waals surface area contributed by atoms with Gasteiger partial charge in [-0.15, -0.1) is 11.3 Å². The Labute approximate surface area is 112 Å². The zero-order valence-corrected chi connectivity index (χ0v) is 11.6. The number of nitrogens with zero attached hydrogens (tertiary/aromatic N) is 1. The Kier molecular flexibility index (Phi) is 3.37. The fraction of sp³-hybridized carbons (Fsp3) is 0.467. The van der Waals surface area contributed by atoms with Gasteiger partial charge in [0.15, 0.2) is 0 Å². The molecular weight excluding hydrogens is 240 g/mol. The van der Waals surface area contributed by atoms with Crippen LogP contribution in [0.1, 0.15) is 30.9 Å². The fourth-order valence-electron chi connectivity index (χ4n) is 2.82. The van der Waals surface area contributed by atoms with Crippen LogP contribution in [0.5, 0.6) is 0 Å². The lowest BCUT2D eigenvalue weighted by Gasteiger charge is -2.39. The summed E-state index contributed by atoms with van der Waals surface area (Å²) in [5.74, 6) is 0. The smallest absolute Gasteiger partial charge is 0.0484 e. The Balaban J connectivity index is 1.95. The molecule has 1 aliphatic carbocycles. The summed E-state index contributed by atoms with van der Waals surface area (Å²) < 4.78 is 1.37. The van der Waals surface area contributed by atoms with Crippen LogP contribution in [0, 0.1) is 0 Å². The molecule has 1 atom stereocenters. The molecule has 0 saturated heterocycles. The van der Waals surface area contributed by atoms with Crippen molar-refractivity contribution in [3.8, 4) is 0 Å².